The molecule has 0 aromatic rings. The highest BCUT2D eigenvalue weighted by Crippen LogP contribution is 2.49. The molecule has 192 valence electrons. The minimum Gasteiger partial charge on any atom is -0.469 e. The zero-order chi connectivity index (χ0) is 24.6. The number of rotatable bonds is 12. The van der Waals surface area contributed by atoms with Gasteiger partial charge in [0.1, 0.15) is 6.10 Å². The minimum absolute atomic E-state index is 0.0654. The predicted molar refractivity (Wildman–Crippen MR) is 126 cm³/mol. The fourth-order valence-corrected chi connectivity index (χ4v) is 5.28. The summed E-state index contributed by atoms with van der Waals surface area (Å²) in [5.74, 6) is -2.90. The zero-order valence-corrected chi connectivity index (χ0v) is 20.5. The van der Waals surface area contributed by atoms with Crippen LogP contribution in [0.4, 0.5) is 8.78 Å². The summed E-state index contributed by atoms with van der Waals surface area (Å²) >= 11 is 0. The Bertz CT molecular complexity index is 741. The second-order valence-electron chi connectivity index (χ2n) is 9.77. The van der Waals surface area contributed by atoms with Crippen molar-refractivity contribution in [3.05, 3.63) is 36.0 Å². The maximum Gasteiger partial charge on any atom is 0.305 e. The lowest BCUT2D eigenvalue weighted by Gasteiger charge is -2.29. The summed E-state index contributed by atoms with van der Waals surface area (Å²) in [6.45, 7) is 2.55. The van der Waals surface area contributed by atoms with Crippen molar-refractivity contribution in [1.29, 1.82) is 0 Å². The Balaban J connectivity index is 1.66. The van der Waals surface area contributed by atoms with Gasteiger partial charge in [-0.1, -0.05) is 49.3 Å². The highest BCUT2D eigenvalue weighted by molar-refractivity contribution is 5.69. The van der Waals surface area contributed by atoms with Gasteiger partial charge in [0.15, 0.2) is 6.29 Å². The van der Waals surface area contributed by atoms with Crippen molar-refractivity contribution < 1.29 is 32.9 Å². The van der Waals surface area contributed by atoms with Gasteiger partial charge in [-0.3, -0.25) is 4.79 Å². The SMILES string of the molecule is CCCCC(F)(F)C(O)/C=C/[C@H]1[C@H]2CC(C=CCCC(=O)OC)=C[C@H]2C[C@H]1OC1CCCCO1. The first-order valence-electron chi connectivity index (χ1n) is 12.8. The number of allylic oxidation sites excluding steroid dienone is 4. The molecular formula is C27H40F2O5. The number of methoxy groups -OCH3 is 1. The lowest BCUT2D eigenvalue weighted by Crippen LogP contribution is -2.33. The van der Waals surface area contributed by atoms with Gasteiger partial charge in [-0.15, -0.1) is 0 Å². The maximum atomic E-state index is 14.3. The van der Waals surface area contributed by atoms with Gasteiger partial charge in [0.05, 0.1) is 13.2 Å². The van der Waals surface area contributed by atoms with Crippen LogP contribution in [0.1, 0.15) is 71.1 Å². The molecule has 7 heteroatoms. The molecule has 2 fully saturated rings. The van der Waals surface area contributed by atoms with Gasteiger partial charge in [-0.2, -0.15) is 0 Å². The van der Waals surface area contributed by atoms with Gasteiger partial charge in [0.25, 0.3) is 5.92 Å². The highest BCUT2D eigenvalue weighted by Gasteiger charge is 2.46. The van der Waals surface area contributed by atoms with Crippen LogP contribution in [0.15, 0.2) is 36.0 Å². The van der Waals surface area contributed by atoms with E-state index in [1.54, 1.807) is 6.08 Å². The summed E-state index contributed by atoms with van der Waals surface area (Å²) in [6, 6.07) is 0. The van der Waals surface area contributed by atoms with Crippen molar-refractivity contribution in [2.75, 3.05) is 13.7 Å². The van der Waals surface area contributed by atoms with Gasteiger partial charge >= 0.3 is 5.97 Å². The summed E-state index contributed by atoms with van der Waals surface area (Å²) in [4.78, 5) is 11.3. The van der Waals surface area contributed by atoms with Gasteiger partial charge in [0, 0.05) is 25.4 Å². The molecule has 2 aliphatic carbocycles. The number of halogens is 2. The molecule has 2 unspecified atom stereocenters. The number of fused-ring (bicyclic) bond motifs is 1. The molecule has 1 N–H and O–H groups in total. The molecule has 1 heterocycles. The van der Waals surface area contributed by atoms with Crippen LogP contribution in [-0.2, 0) is 19.0 Å². The van der Waals surface area contributed by atoms with Crippen molar-refractivity contribution in [1.82, 2.24) is 0 Å². The van der Waals surface area contributed by atoms with Crippen molar-refractivity contribution in [3.63, 3.8) is 0 Å². The topological polar surface area (TPSA) is 65.0 Å². The fourth-order valence-electron chi connectivity index (χ4n) is 5.28. The molecule has 1 aliphatic heterocycles. The molecule has 1 saturated carbocycles. The lowest BCUT2D eigenvalue weighted by atomic mass is 9.88. The normalized spacial score (nSPS) is 30.6. The van der Waals surface area contributed by atoms with Gasteiger partial charge in [0.2, 0.25) is 0 Å². The first kappa shape index (κ1) is 27.0. The summed E-state index contributed by atoms with van der Waals surface area (Å²) in [5, 5.41) is 10.2. The molecule has 3 rings (SSSR count). The zero-order valence-electron chi connectivity index (χ0n) is 20.5. The molecule has 34 heavy (non-hydrogen) atoms. The predicted octanol–water partition coefficient (Wildman–Crippen LogP) is 5.73. The average molecular weight is 483 g/mol. The number of hydrogen-bond donors (Lipinski definition) is 1. The van der Waals surface area contributed by atoms with E-state index in [4.69, 9.17) is 9.47 Å². The molecule has 6 atom stereocenters. The minimum atomic E-state index is -3.13. The number of esters is 1. The second-order valence-corrected chi connectivity index (χ2v) is 9.77. The van der Waals surface area contributed by atoms with E-state index in [2.05, 4.69) is 16.9 Å². The van der Waals surface area contributed by atoms with Gasteiger partial charge < -0.3 is 19.3 Å². The van der Waals surface area contributed by atoms with E-state index in [0.29, 0.717) is 38.2 Å². The second kappa shape index (κ2) is 12.9. The number of carbonyl (C=O) groups excluding carboxylic acids is 1. The fraction of sp³-hybridized carbons (Fsp3) is 0.741. The first-order chi connectivity index (χ1) is 16.3. The Morgan fingerprint density at radius 2 is 2.21 bits per heavy atom. The molecule has 0 spiro atoms. The Kier molecular flexibility index (Phi) is 10.3. The van der Waals surface area contributed by atoms with E-state index < -0.39 is 12.0 Å². The number of aliphatic hydroxyl groups is 1. The molecule has 3 aliphatic rings. The molecule has 0 bridgehead atoms. The van der Waals surface area contributed by atoms with Crippen molar-refractivity contribution in [2.45, 2.75) is 95.6 Å². The lowest BCUT2D eigenvalue weighted by molar-refractivity contribution is -0.192. The Morgan fingerprint density at radius 1 is 1.38 bits per heavy atom. The summed E-state index contributed by atoms with van der Waals surface area (Å²) in [5.41, 5.74) is 1.19. The van der Waals surface area contributed by atoms with Crippen molar-refractivity contribution in [2.24, 2.45) is 17.8 Å². The molecule has 0 amide bonds. The van der Waals surface area contributed by atoms with E-state index in [-0.39, 0.29) is 36.6 Å². The van der Waals surface area contributed by atoms with Crippen LogP contribution in [-0.4, -0.2) is 49.2 Å². The number of aliphatic hydroxyl groups excluding tert-OH is 1. The van der Waals surface area contributed by atoms with Crippen LogP contribution in [0.3, 0.4) is 0 Å². The van der Waals surface area contributed by atoms with Crippen LogP contribution in [0.2, 0.25) is 0 Å². The Labute approximate surface area is 202 Å². The third kappa shape index (κ3) is 7.46. The smallest absolute Gasteiger partial charge is 0.305 e. The quantitative estimate of drug-likeness (QED) is 0.284. The van der Waals surface area contributed by atoms with Crippen LogP contribution in [0.25, 0.3) is 0 Å². The number of unbranched alkanes of at least 4 members (excludes halogenated alkanes) is 1. The monoisotopic (exact) mass is 482 g/mol. The number of carbonyl (C=O) groups is 1. The molecule has 0 radical (unpaired) electrons. The van der Waals surface area contributed by atoms with Crippen LogP contribution < -0.4 is 0 Å². The molecular weight excluding hydrogens is 442 g/mol. The standard InChI is InChI=1S/C27H40F2O5/c1-3-4-14-27(28,29)24(30)13-12-21-22-17-19(9-5-6-10-25(31)32-2)16-20(22)18-23(21)34-26-11-7-8-15-33-26/h5,9,12-13,16,20-24,26,30H,3-4,6-8,10-11,14-15,17-18H2,1-2H3/b9-5?,13-12+/t20-,21-,22-,23+,24?,26?/m0/s1. The summed E-state index contributed by atoms with van der Waals surface area (Å²) < 4.78 is 45.4. The van der Waals surface area contributed by atoms with E-state index in [1.165, 1.54) is 18.8 Å². The van der Waals surface area contributed by atoms with Crippen molar-refractivity contribution in [3.8, 4) is 0 Å². The Morgan fingerprint density at radius 3 is 2.91 bits per heavy atom. The summed E-state index contributed by atoms with van der Waals surface area (Å²) in [6.07, 6.45) is 13.4. The van der Waals surface area contributed by atoms with Crippen LogP contribution >= 0.6 is 0 Å². The summed E-state index contributed by atoms with van der Waals surface area (Å²) in [7, 11) is 1.38. The maximum absolute atomic E-state index is 14.3. The molecule has 1 saturated heterocycles. The van der Waals surface area contributed by atoms with Crippen molar-refractivity contribution >= 4 is 5.97 Å². The largest absolute Gasteiger partial charge is 0.469 e. The number of hydrogen-bond acceptors (Lipinski definition) is 5. The average Bonchev–Trinajstić information content (AvgIpc) is 3.36. The molecule has 0 aromatic carbocycles. The van der Waals surface area contributed by atoms with Gasteiger partial charge in [-0.05, 0) is 56.8 Å². The Hall–Kier alpha value is -1.57. The first-order valence-corrected chi connectivity index (χ1v) is 12.8. The molecule has 0 aromatic heterocycles. The van der Waals surface area contributed by atoms with Gasteiger partial charge in [-0.25, -0.2) is 8.78 Å². The van der Waals surface area contributed by atoms with E-state index in [0.717, 1.165) is 32.1 Å². The molecule has 5 nitrogen and oxygen atoms in total. The third-order valence-corrected chi connectivity index (χ3v) is 7.23. The van der Waals surface area contributed by atoms with E-state index in [9.17, 15) is 18.7 Å². The number of ether oxygens (including phenoxy) is 3. The highest BCUT2D eigenvalue weighted by atomic mass is 19.3. The van der Waals surface area contributed by atoms with E-state index in [1.807, 2.05) is 13.0 Å². The van der Waals surface area contributed by atoms with Crippen LogP contribution in [0.5, 0.6) is 0 Å². The van der Waals surface area contributed by atoms with Crippen LogP contribution in [0, 0.1) is 17.8 Å². The van der Waals surface area contributed by atoms with E-state index >= 15 is 0 Å². The third-order valence-electron chi connectivity index (χ3n) is 7.23. The number of alkyl halides is 2.